The Kier molecular flexibility index (Phi) is 5.57. The molecule has 120 valence electrons. The Morgan fingerprint density at radius 1 is 1.36 bits per heavy atom. The lowest BCUT2D eigenvalue weighted by atomic mass is 10.0. The van der Waals surface area contributed by atoms with Crippen molar-refractivity contribution in [2.24, 2.45) is 5.11 Å². The summed E-state index contributed by atoms with van der Waals surface area (Å²) in [6, 6.07) is 2.21. The number of azide groups is 1. The number of halogens is 3. The van der Waals surface area contributed by atoms with E-state index in [2.05, 4.69) is 14.8 Å². The number of aliphatic hydroxyl groups is 2. The molecule has 0 aromatic heterocycles. The number of ether oxygens (including phenoxy) is 1. The zero-order valence-electron chi connectivity index (χ0n) is 10.7. The number of hydrogen-bond acceptors (Lipinski definition) is 5. The number of hydrogen-bond donors (Lipinski definition) is 3. The van der Waals surface area contributed by atoms with Crippen LogP contribution >= 0.6 is 0 Å². The molecule has 1 rings (SSSR count). The molecular formula is C11H10F3N3O5. The van der Waals surface area contributed by atoms with Crippen LogP contribution in [0.4, 0.5) is 13.2 Å². The number of aliphatic hydroxyl groups excluding tert-OH is 2. The van der Waals surface area contributed by atoms with Gasteiger partial charge in [0.05, 0.1) is 18.2 Å². The highest BCUT2D eigenvalue weighted by Crippen LogP contribution is 2.28. The fourth-order valence-electron chi connectivity index (χ4n) is 1.55. The molecule has 0 aliphatic rings. The summed E-state index contributed by atoms with van der Waals surface area (Å²) in [4.78, 5) is 13.2. The molecule has 0 heterocycles. The van der Waals surface area contributed by atoms with E-state index >= 15 is 0 Å². The maximum absolute atomic E-state index is 12.2. The third-order valence-electron chi connectivity index (χ3n) is 2.45. The van der Waals surface area contributed by atoms with Crippen LogP contribution in [-0.4, -0.2) is 40.3 Å². The van der Waals surface area contributed by atoms with Crippen LogP contribution in [0.2, 0.25) is 0 Å². The van der Waals surface area contributed by atoms with E-state index in [1.54, 1.807) is 0 Å². The van der Waals surface area contributed by atoms with Gasteiger partial charge in [-0.1, -0.05) is 5.11 Å². The summed E-state index contributed by atoms with van der Waals surface area (Å²) in [5.41, 5.74) is 7.19. The first kappa shape index (κ1) is 17.6. The van der Waals surface area contributed by atoms with E-state index in [1.807, 2.05) is 0 Å². The van der Waals surface area contributed by atoms with Gasteiger partial charge in [0.1, 0.15) is 11.9 Å². The molecule has 2 atom stereocenters. The first-order valence-electron chi connectivity index (χ1n) is 5.65. The monoisotopic (exact) mass is 321 g/mol. The van der Waals surface area contributed by atoms with Crippen molar-refractivity contribution in [1.29, 1.82) is 0 Å². The number of carboxylic acid groups (broad SMARTS) is 1. The van der Waals surface area contributed by atoms with Crippen LogP contribution in [0, 0.1) is 0 Å². The van der Waals surface area contributed by atoms with Gasteiger partial charge in [0.25, 0.3) is 0 Å². The Bertz CT molecular complexity index is 601. The van der Waals surface area contributed by atoms with Crippen LogP contribution in [-0.2, 0) is 0 Å². The Balaban J connectivity index is 3.17. The van der Waals surface area contributed by atoms with E-state index in [0.29, 0.717) is 6.07 Å². The van der Waals surface area contributed by atoms with Crippen molar-refractivity contribution in [3.8, 4) is 5.75 Å². The van der Waals surface area contributed by atoms with Crippen molar-refractivity contribution in [3.05, 3.63) is 39.8 Å². The first-order valence-corrected chi connectivity index (χ1v) is 5.65. The summed E-state index contributed by atoms with van der Waals surface area (Å²) >= 11 is 0. The summed E-state index contributed by atoms with van der Waals surface area (Å²) in [5.74, 6) is -2.41. The third kappa shape index (κ3) is 5.13. The van der Waals surface area contributed by atoms with Gasteiger partial charge in [0, 0.05) is 4.91 Å². The van der Waals surface area contributed by atoms with Gasteiger partial charge in [-0.2, -0.15) is 0 Å². The lowest BCUT2D eigenvalue weighted by Gasteiger charge is -2.18. The number of nitrogens with zero attached hydrogens (tertiary/aromatic N) is 3. The standard InChI is InChI=1S/C11H10F3N3O5/c12-11(13,14)22-7-2-5(1-6(3-7)10(20)21)9(19)8(18)4-16-17-15/h1-3,8-9,18-19H,4H2,(H,20,21). The smallest absolute Gasteiger partial charge is 0.478 e. The molecule has 11 heteroatoms. The van der Waals surface area contributed by atoms with Crippen molar-refractivity contribution in [2.45, 2.75) is 18.6 Å². The van der Waals surface area contributed by atoms with Crippen molar-refractivity contribution in [1.82, 2.24) is 0 Å². The van der Waals surface area contributed by atoms with E-state index < -0.39 is 42.4 Å². The minimum Gasteiger partial charge on any atom is -0.478 e. The highest BCUT2D eigenvalue weighted by molar-refractivity contribution is 5.88. The van der Waals surface area contributed by atoms with Crippen molar-refractivity contribution >= 4 is 5.97 Å². The minimum absolute atomic E-state index is 0.334. The summed E-state index contributed by atoms with van der Waals surface area (Å²) in [5, 5.41) is 31.2. The molecular weight excluding hydrogens is 311 g/mol. The molecule has 0 spiro atoms. The summed E-state index contributed by atoms with van der Waals surface area (Å²) in [7, 11) is 0. The molecule has 0 radical (unpaired) electrons. The molecule has 0 fully saturated rings. The molecule has 8 nitrogen and oxygen atoms in total. The lowest BCUT2D eigenvalue weighted by molar-refractivity contribution is -0.274. The highest BCUT2D eigenvalue weighted by Gasteiger charge is 2.32. The summed E-state index contributed by atoms with van der Waals surface area (Å²) in [6.45, 7) is -0.551. The van der Waals surface area contributed by atoms with E-state index in [4.69, 9.17) is 10.6 Å². The number of benzene rings is 1. The van der Waals surface area contributed by atoms with Gasteiger partial charge in [-0.3, -0.25) is 0 Å². The van der Waals surface area contributed by atoms with Crippen molar-refractivity contribution < 1.29 is 38.0 Å². The number of aromatic carboxylic acids is 1. The van der Waals surface area contributed by atoms with Crippen LogP contribution in [0.5, 0.6) is 5.75 Å². The molecule has 1 aromatic rings. The number of carbonyl (C=O) groups is 1. The fourth-order valence-corrected chi connectivity index (χ4v) is 1.55. The Hall–Kier alpha value is -2.49. The molecule has 0 saturated heterocycles. The Morgan fingerprint density at radius 3 is 2.50 bits per heavy atom. The van der Waals surface area contributed by atoms with E-state index in [9.17, 15) is 28.2 Å². The highest BCUT2D eigenvalue weighted by atomic mass is 19.4. The largest absolute Gasteiger partial charge is 0.573 e. The number of carboxylic acids is 1. The normalized spacial score (nSPS) is 13.9. The van der Waals surface area contributed by atoms with E-state index in [0.717, 1.165) is 12.1 Å². The van der Waals surface area contributed by atoms with Gasteiger partial charge in [-0.15, -0.1) is 13.2 Å². The third-order valence-corrected chi connectivity index (χ3v) is 2.45. The van der Waals surface area contributed by atoms with Gasteiger partial charge in [-0.05, 0) is 29.3 Å². The van der Waals surface area contributed by atoms with Crippen LogP contribution in [0.15, 0.2) is 23.3 Å². The molecule has 3 N–H and O–H groups in total. The summed E-state index contributed by atoms with van der Waals surface area (Å²) in [6.07, 6.45) is -8.44. The second-order valence-electron chi connectivity index (χ2n) is 4.07. The van der Waals surface area contributed by atoms with Gasteiger partial charge in [-0.25, -0.2) is 4.79 Å². The van der Waals surface area contributed by atoms with Crippen LogP contribution in [0.25, 0.3) is 10.4 Å². The SMILES string of the molecule is [N-]=[N+]=NCC(O)C(O)c1cc(OC(F)(F)F)cc(C(=O)O)c1. The second-order valence-corrected chi connectivity index (χ2v) is 4.07. The Morgan fingerprint density at radius 2 is 2.00 bits per heavy atom. The zero-order chi connectivity index (χ0) is 16.9. The quantitative estimate of drug-likeness (QED) is 0.418. The Labute approximate surface area is 121 Å². The number of alkyl halides is 3. The molecule has 22 heavy (non-hydrogen) atoms. The van der Waals surface area contributed by atoms with Gasteiger partial charge >= 0.3 is 12.3 Å². The predicted octanol–water partition coefficient (Wildman–Crippen LogP) is 1.99. The molecule has 0 aliphatic carbocycles. The maximum Gasteiger partial charge on any atom is 0.573 e. The van der Waals surface area contributed by atoms with Crippen LogP contribution in [0.3, 0.4) is 0 Å². The lowest BCUT2D eigenvalue weighted by Crippen LogP contribution is -2.22. The van der Waals surface area contributed by atoms with Crippen LogP contribution < -0.4 is 4.74 Å². The average Bonchev–Trinajstić information content (AvgIpc) is 2.41. The summed E-state index contributed by atoms with van der Waals surface area (Å²) < 4.78 is 40.2. The topological polar surface area (TPSA) is 136 Å². The van der Waals surface area contributed by atoms with Crippen molar-refractivity contribution in [3.63, 3.8) is 0 Å². The van der Waals surface area contributed by atoms with E-state index in [-0.39, 0.29) is 5.56 Å². The minimum atomic E-state index is -5.05. The van der Waals surface area contributed by atoms with E-state index in [1.165, 1.54) is 0 Å². The average molecular weight is 321 g/mol. The van der Waals surface area contributed by atoms with Gasteiger partial charge in [0.15, 0.2) is 0 Å². The van der Waals surface area contributed by atoms with Gasteiger partial charge < -0.3 is 20.1 Å². The molecule has 2 unspecified atom stereocenters. The first-order chi connectivity index (χ1) is 10.1. The van der Waals surface area contributed by atoms with Crippen molar-refractivity contribution in [2.75, 3.05) is 6.54 Å². The number of rotatable bonds is 6. The predicted molar refractivity (Wildman–Crippen MR) is 65.1 cm³/mol. The van der Waals surface area contributed by atoms with Gasteiger partial charge in [0.2, 0.25) is 0 Å². The second kappa shape index (κ2) is 6.98. The molecule has 0 saturated carbocycles. The molecule has 0 amide bonds. The van der Waals surface area contributed by atoms with Crippen LogP contribution in [0.1, 0.15) is 22.0 Å². The zero-order valence-corrected chi connectivity index (χ0v) is 10.7. The molecule has 0 bridgehead atoms. The maximum atomic E-state index is 12.2. The molecule has 0 aliphatic heterocycles. The fraction of sp³-hybridized carbons (Fsp3) is 0.364. The molecule has 1 aromatic carbocycles.